The number of hydrogen-bond donors (Lipinski definition) is 1. The van der Waals surface area contributed by atoms with Gasteiger partial charge in [-0.05, 0) is 18.8 Å². The molecule has 0 saturated carbocycles. The number of aromatic nitrogens is 1. The molecule has 2 atom stereocenters. The van der Waals surface area contributed by atoms with E-state index in [9.17, 15) is 4.79 Å². The SMILES string of the molecule is CCC(CC)[C@H]1C[C@@H](NC(=O)c2ccon2)CCO1. The summed E-state index contributed by atoms with van der Waals surface area (Å²) >= 11 is 0. The molecule has 1 aromatic rings. The molecule has 0 aromatic carbocycles. The molecule has 1 amide bonds. The van der Waals surface area contributed by atoms with Gasteiger partial charge in [0, 0.05) is 18.7 Å². The fraction of sp³-hybridized carbons (Fsp3) is 0.714. The van der Waals surface area contributed by atoms with Gasteiger partial charge < -0.3 is 14.6 Å². The summed E-state index contributed by atoms with van der Waals surface area (Å²) in [7, 11) is 0. The van der Waals surface area contributed by atoms with Crippen molar-refractivity contribution in [2.45, 2.75) is 51.7 Å². The first-order chi connectivity index (χ1) is 9.24. The minimum absolute atomic E-state index is 0.163. The topological polar surface area (TPSA) is 64.4 Å². The fourth-order valence-corrected chi connectivity index (χ4v) is 2.69. The second-order valence-corrected chi connectivity index (χ2v) is 5.07. The zero-order chi connectivity index (χ0) is 13.7. The summed E-state index contributed by atoms with van der Waals surface area (Å²) in [5, 5.41) is 6.66. The molecule has 1 N–H and O–H groups in total. The van der Waals surface area contributed by atoms with E-state index < -0.39 is 0 Å². The number of nitrogens with one attached hydrogen (secondary N) is 1. The lowest BCUT2D eigenvalue weighted by atomic mass is 9.89. The Hall–Kier alpha value is -1.36. The molecule has 0 aliphatic carbocycles. The largest absolute Gasteiger partial charge is 0.378 e. The van der Waals surface area contributed by atoms with Crippen molar-refractivity contribution in [2.24, 2.45) is 5.92 Å². The molecule has 0 radical (unpaired) electrons. The van der Waals surface area contributed by atoms with Gasteiger partial charge in [0.05, 0.1) is 6.10 Å². The molecule has 0 bridgehead atoms. The standard InChI is InChI=1S/C14H22N2O3/c1-3-10(4-2)13-9-11(5-7-18-13)15-14(17)12-6-8-19-16-12/h6,8,10-11,13H,3-5,7,9H2,1-2H3,(H,15,17)/t11-,13+/m0/s1. The number of carbonyl (C=O) groups is 1. The number of nitrogens with zero attached hydrogens (tertiary/aromatic N) is 1. The highest BCUT2D eigenvalue weighted by Gasteiger charge is 2.28. The van der Waals surface area contributed by atoms with E-state index >= 15 is 0 Å². The number of rotatable bonds is 5. The molecular formula is C14H22N2O3. The monoisotopic (exact) mass is 266 g/mol. The maximum Gasteiger partial charge on any atom is 0.273 e. The molecule has 19 heavy (non-hydrogen) atoms. The first-order valence-corrected chi connectivity index (χ1v) is 7.07. The van der Waals surface area contributed by atoms with Gasteiger partial charge in [0.25, 0.3) is 5.91 Å². The zero-order valence-electron chi connectivity index (χ0n) is 11.6. The van der Waals surface area contributed by atoms with Crippen LogP contribution in [0.1, 0.15) is 50.0 Å². The van der Waals surface area contributed by atoms with Crippen LogP contribution in [-0.2, 0) is 4.74 Å². The van der Waals surface area contributed by atoms with Crippen LogP contribution >= 0.6 is 0 Å². The Balaban J connectivity index is 1.89. The number of amides is 1. The van der Waals surface area contributed by atoms with E-state index in [1.807, 2.05) is 0 Å². The molecule has 1 fully saturated rings. The van der Waals surface area contributed by atoms with Crippen LogP contribution in [0.3, 0.4) is 0 Å². The van der Waals surface area contributed by atoms with E-state index in [-0.39, 0.29) is 18.1 Å². The predicted octanol–water partition coefficient (Wildman–Crippen LogP) is 2.39. The summed E-state index contributed by atoms with van der Waals surface area (Å²) in [4.78, 5) is 11.9. The molecule has 1 aromatic heterocycles. The first-order valence-electron chi connectivity index (χ1n) is 7.07. The van der Waals surface area contributed by atoms with E-state index in [1.54, 1.807) is 6.07 Å². The van der Waals surface area contributed by atoms with Gasteiger partial charge in [0.2, 0.25) is 0 Å². The number of ether oxygens (including phenoxy) is 1. The van der Waals surface area contributed by atoms with Gasteiger partial charge >= 0.3 is 0 Å². The van der Waals surface area contributed by atoms with Crippen LogP contribution in [0.2, 0.25) is 0 Å². The van der Waals surface area contributed by atoms with Gasteiger partial charge in [-0.1, -0.05) is 31.8 Å². The molecule has 5 nitrogen and oxygen atoms in total. The minimum Gasteiger partial charge on any atom is -0.378 e. The smallest absolute Gasteiger partial charge is 0.273 e. The predicted molar refractivity (Wildman–Crippen MR) is 70.8 cm³/mol. The van der Waals surface area contributed by atoms with Gasteiger partial charge in [-0.25, -0.2) is 0 Å². The van der Waals surface area contributed by atoms with Crippen molar-refractivity contribution >= 4 is 5.91 Å². The van der Waals surface area contributed by atoms with Crippen LogP contribution in [-0.4, -0.2) is 29.8 Å². The van der Waals surface area contributed by atoms with E-state index in [0.29, 0.717) is 18.2 Å². The minimum atomic E-state index is -0.163. The van der Waals surface area contributed by atoms with E-state index in [4.69, 9.17) is 4.74 Å². The van der Waals surface area contributed by atoms with Crippen LogP contribution in [0.25, 0.3) is 0 Å². The van der Waals surface area contributed by atoms with E-state index in [0.717, 1.165) is 25.7 Å². The lowest BCUT2D eigenvalue weighted by Gasteiger charge is -2.34. The van der Waals surface area contributed by atoms with Crippen LogP contribution < -0.4 is 5.32 Å². The molecular weight excluding hydrogens is 244 g/mol. The average molecular weight is 266 g/mol. The molecule has 0 spiro atoms. The zero-order valence-corrected chi connectivity index (χ0v) is 11.6. The Kier molecular flexibility index (Phi) is 4.96. The Labute approximate surface area is 113 Å². The molecule has 1 saturated heterocycles. The highest BCUT2D eigenvalue weighted by Crippen LogP contribution is 2.25. The third-order valence-electron chi connectivity index (χ3n) is 3.90. The summed E-state index contributed by atoms with van der Waals surface area (Å²) in [6, 6.07) is 1.75. The quantitative estimate of drug-likeness (QED) is 0.888. The summed E-state index contributed by atoms with van der Waals surface area (Å²) in [6.45, 7) is 5.09. The summed E-state index contributed by atoms with van der Waals surface area (Å²) in [6.07, 6.45) is 5.64. The van der Waals surface area contributed by atoms with Gasteiger partial charge in [-0.15, -0.1) is 0 Å². The van der Waals surface area contributed by atoms with Crippen molar-refractivity contribution in [3.8, 4) is 0 Å². The first kappa shape index (κ1) is 14.1. The van der Waals surface area contributed by atoms with Crippen molar-refractivity contribution in [1.29, 1.82) is 0 Å². The summed E-state index contributed by atoms with van der Waals surface area (Å²) < 4.78 is 10.5. The molecule has 2 heterocycles. The normalized spacial score (nSPS) is 23.5. The average Bonchev–Trinajstić information content (AvgIpc) is 2.94. The highest BCUT2D eigenvalue weighted by molar-refractivity contribution is 5.92. The third-order valence-corrected chi connectivity index (χ3v) is 3.90. The Morgan fingerprint density at radius 1 is 1.53 bits per heavy atom. The highest BCUT2D eigenvalue weighted by atomic mass is 16.5. The molecule has 106 valence electrons. The second-order valence-electron chi connectivity index (χ2n) is 5.07. The van der Waals surface area contributed by atoms with Crippen molar-refractivity contribution in [2.75, 3.05) is 6.61 Å². The van der Waals surface area contributed by atoms with Gasteiger partial charge in [0.1, 0.15) is 6.26 Å². The third kappa shape index (κ3) is 3.56. The Bertz CT molecular complexity index is 387. The number of hydrogen-bond acceptors (Lipinski definition) is 4. The van der Waals surface area contributed by atoms with Crippen molar-refractivity contribution in [1.82, 2.24) is 10.5 Å². The molecule has 2 rings (SSSR count). The molecule has 1 aliphatic heterocycles. The Morgan fingerprint density at radius 2 is 2.32 bits per heavy atom. The Morgan fingerprint density at radius 3 is 2.95 bits per heavy atom. The van der Waals surface area contributed by atoms with Gasteiger partial charge in [-0.3, -0.25) is 4.79 Å². The van der Waals surface area contributed by atoms with Crippen molar-refractivity contribution < 1.29 is 14.1 Å². The van der Waals surface area contributed by atoms with Crippen molar-refractivity contribution in [3.63, 3.8) is 0 Å². The maximum absolute atomic E-state index is 11.9. The summed E-state index contributed by atoms with van der Waals surface area (Å²) in [5.41, 5.74) is 0.338. The molecule has 1 aliphatic rings. The van der Waals surface area contributed by atoms with Crippen LogP contribution in [0.15, 0.2) is 16.9 Å². The van der Waals surface area contributed by atoms with Crippen molar-refractivity contribution in [3.05, 3.63) is 18.0 Å². The van der Waals surface area contributed by atoms with Gasteiger partial charge in [0.15, 0.2) is 5.69 Å². The summed E-state index contributed by atoms with van der Waals surface area (Å²) in [5.74, 6) is 0.413. The number of carbonyl (C=O) groups excluding carboxylic acids is 1. The van der Waals surface area contributed by atoms with Crippen LogP contribution in [0.5, 0.6) is 0 Å². The van der Waals surface area contributed by atoms with Crippen LogP contribution in [0.4, 0.5) is 0 Å². The second kappa shape index (κ2) is 6.70. The lowest BCUT2D eigenvalue weighted by Crippen LogP contribution is -2.44. The van der Waals surface area contributed by atoms with E-state index in [1.165, 1.54) is 6.26 Å². The van der Waals surface area contributed by atoms with Gasteiger partial charge in [-0.2, -0.15) is 0 Å². The maximum atomic E-state index is 11.9. The molecule has 0 unspecified atom stereocenters. The lowest BCUT2D eigenvalue weighted by molar-refractivity contribution is -0.0337. The van der Waals surface area contributed by atoms with E-state index in [2.05, 4.69) is 28.8 Å². The fourth-order valence-electron chi connectivity index (χ4n) is 2.69. The molecule has 5 heteroatoms. The van der Waals surface area contributed by atoms with Crippen LogP contribution in [0, 0.1) is 5.92 Å².